The summed E-state index contributed by atoms with van der Waals surface area (Å²) < 4.78 is 5.03. The second kappa shape index (κ2) is 3.52. The molecule has 82 valence electrons. The monoisotopic (exact) mass is 216 g/mol. The number of hydrogen-bond donors (Lipinski definition) is 2. The van der Waals surface area contributed by atoms with Crippen molar-refractivity contribution in [1.82, 2.24) is 10.1 Å². The number of nitrogens with zero attached hydrogens (tertiary/aromatic N) is 2. The van der Waals surface area contributed by atoms with Crippen molar-refractivity contribution < 1.29 is 4.52 Å². The summed E-state index contributed by atoms with van der Waals surface area (Å²) in [5, 5.41) is 6.94. The van der Waals surface area contributed by atoms with Crippen molar-refractivity contribution in [3.63, 3.8) is 0 Å². The Bertz CT molecular complexity index is 520. The van der Waals surface area contributed by atoms with Crippen LogP contribution in [0.25, 0.3) is 11.5 Å². The third-order valence-corrected chi connectivity index (χ3v) is 2.73. The minimum atomic E-state index is 0.172. The summed E-state index contributed by atoms with van der Waals surface area (Å²) in [6.07, 6.45) is 2.24. The molecule has 1 aliphatic rings. The molecule has 5 heteroatoms. The predicted octanol–water partition coefficient (Wildman–Crippen LogP) is 1.68. The average molecular weight is 216 g/mol. The lowest BCUT2D eigenvalue weighted by Crippen LogP contribution is -2.11. The normalized spacial score (nSPS) is 14.2. The fourth-order valence-electron chi connectivity index (χ4n) is 1.96. The van der Waals surface area contributed by atoms with E-state index in [4.69, 9.17) is 10.3 Å². The Morgan fingerprint density at radius 1 is 1.38 bits per heavy atom. The van der Waals surface area contributed by atoms with Crippen molar-refractivity contribution in [2.24, 2.45) is 0 Å². The Kier molecular flexibility index (Phi) is 2.02. The van der Waals surface area contributed by atoms with E-state index in [2.05, 4.69) is 21.5 Å². The first-order valence-corrected chi connectivity index (χ1v) is 5.29. The maximum Gasteiger partial charge on any atom is 0.261 e. The van der Waals surface area contributed by atoms with Gasteiger partial charge in [-0.05, 0) is 41.8 Å². The van der Waals surface area contributed by atoms with Crippen molar-refractivity contribution in [1.29, 1.82) is 0 Å². The van der Waals surface area contributed by atoms with Crippen LogP contribution in [0.3, 0.4) is 0 Å². The van der Waals surface area contributed by atoms with E-state index in [0.717, 1.165) is 24.9 Å². The molecule has 1 aromatic heterocycles. The Labute approximate surface area is 92.7 Å². The van der Waals surface area contributed by atoms with Gasteiger partial charge in [-0.15, -0.1) is 0 Å². The first-order chi connectivity index (χ1) is 7.83. The lowest BCUT2D eigenvalue weighted by atomic mass is 10.0. The standard InChI is InChI=1S/C11H12N4O/c12-11-14-10(16-15-11)8-3-4-9-7(6-8)2-1-5-13-9/h3-4,6,13H,1-2,5H2,(H2,12,15). The predicted molar refractivity (Wildman–Crippen MR) is 61.0 cm³/mol. The van der Waals surface area contributed by atoms with Crippen molar-refractivity contribution in [3.8, 4) is 11.5 Å². The van der Waals surface area contributed by atoms with Crippen LogP contribution in [0.2, 0.25) is 0 Å². The number of rotatable bonds is 1. The molecule has 1 aliphatic heterocycles. The maximum atomic E-state index is 5.43. The number of aromatic nitrogens is 2. The van der Waals surface area contributed by atoms with E-state index in [9.17, 15) is 0 Å². The SMILES string of the molecule is Nc1noc(-c2ccc3c(c2)CCCN3)n1. The van der Waals surface area contributed by atoms with Gasteiger partial charge in [0.2, 0.25) is 0 Å². The Morgan fingerprint density at radius 3 is 3.12 bits per heavy atom. The van der Waals surface area contributed by atoms with Gasteiger partial charge >= 0.3 is 0 Å². The summed E-state index contributed by atoms with van der Waals surface area (Å²) in [6, 6.07) is 6.09. The lowest BCUT2D eigenvalue weighted by molar-refractivity contribution is 0.433. The van der Waals surface area contributed by atoms with Crippen molar-refractivity contribution in [2.75, 3.05) is 17.6 Å². The van der Waals surface area contributed by atoms with Crippen LogP contribution in [0.1, 0.15) is 12.0 Å². The molecule has 2 aromatic rings. The molecule has 0 unspecified atom stereocenters. The van der Waals surface area contributed by atoms with Crippen molar-refractivity contribution >= 4 is 11.6 Å². The fraction of sp³-hybridized carbons (Fsp3) is 0.273. The molecule has 0 amide bonds. The highest BCUT2D eigenvalue weighted by Gasteiger charge is 2.12. The quantitative estimate of drug-likeness (QED) is 0.758. The molecule has 3 N–H and O–H groups in total. The van der Waals surface area contributed by atoms with Crippen LogP contribution in [0.5, 0.6) is 0 Å². The summed E-state index contributed by atoms with van der Waals surface area (Å²) in [5.74, 6) is 0.650. The van der Waals surface area contributed by atoms with Crippen LogP contribution >= 0.6 is 0 Å². The molecule has 0 spiro atoms. The second-order valence-electron chi connectivity index (χ2n) is 3.86. The smallest absolute Gasteiger partial charge is 0.261 e. The zero-order valence-electron chi connectivity index (χ0n) is 8.73. The summed E-state index contributed by atoms with van der Waals surface area (Å²) in [4.78, 5) is 4.01. The van der Waals surface area contributed by atoms with Crippen LogP contribution in [0.15, 0.2) is 22.7 Å². The Hall–Kier alpha value is -2.04. The third-order valence-electron chi connectivity index (χ3n) is 2.73. The van der Waals surface area contributed by atoms with Crippen molar-refractivity contribution in [2.45, 2.75) is 12.8 Å². The highest BCUT2D eigenvalue weighted by Crippen LogP contribution is 2.27. The van der Waals surface area contributed by atoms with Crippen LogP contribution in [-0.2, 0) is 6.42 Å². The summed E-state index contributed by atoms with van der Waals surface area (Å²) in [7, 11) is 0. The Morgan fingerprint density at radius 2 is 2.31 bits per heavy atom. The number of benzene rings is 1. The average Bonchev–Trinajstić information content (AvgIpc) is 2.75. The van der Waals surface area contributed by atoms with Gasteiger partial charge in [0.1, 0.15) is 0 Å². The minimum Gasteiger partial charge on any atom is -0.385 e. The third kappa shape index (κ3) is 1.50. The molecule has 3 rings (SSSR count). The lowest BCUT2D eigenvalue weighted by Gasteiger charge is -2.17. The zero-order chi connectivity index (χ0) is 11.0. The largest absolute Gasteiger partial charge is 0.385 e. The van der Waals surface area contributed by atoms with E-state index < -0.39 is 0 Å². The van der Waals surface area contributed by atoms with Crippen LogP contribution in [0, 0.1) is 0 Å². The number of nitrogen functional groups attached to an aromatic ring is 1. The highest BCUT2D eigenvalue weighted by atomic mass is 16.5. The molecular weight excluding hydrogens is 204 g/mol. The molecule has 5 nitrogen and oxygen atoms in total. The van der Waals surface area contributed by atoms with Crippen molar-refractivity contribution in [3.05, 3.63) is 23.8 Å². The summed E-state index contributed by atoms with van der Waals surface area (Å²) >= 11 is 0. The fourth-order valence-corrected chi connectivity index (χ4v) is 1.96. The molecule has 0 saturated heterocycles. The van der Waals surface area contributed by atoms with Gasteiger partial charge in [0.25, 0.3) is 11.8 Å². The van der Waals surface area contributed by atoms with Gasteiger partial charge in [-0.2, -0.15) is 4.98 Å². The summed E-state index contributed by atoms with van der Waals surface area (Å²) in [5.41, 5.74) is 8.84. The molecule has 0 fully saturated rings. The van der Waals surface area contributed by atoms with Gasteiger partial charge in [-0.3, -0.25) is 0 Å². The van der Waals surface area contributed by atoms with E-state index in [0.29, 0.717) is 5.89 Å². The number of nitrogens with one attached hydrogen (secondary N) is 1. The number of anilines is 2. The van der Waals surface area contributed by atoms with Gasteiger partial charge in [0, 0.05) is 17.8 Å². The molecule has 0 saturated carbocycles. The van der Waals surface area contributed by atoms with E-state index in [1.165, 1.54) is 11.3 Å². The minimum absolute atomic E-state index is 0.172. The second-order valence-corrected chi connectivity index (χ2v) is 3.86. The van der Waals surface area contributed by atoms with Crippen LogP contribution < -0.4 is 11.1 Å². The molecule has 1 aromatic carbocycles. The Balaban J connectivity index is 2.02. The van der Waals surface area contributed by atoms with E-state index >= 15 is 0 Å². The van der Waals surface area contributed by atoms with Gasteiger partial charge in [0.15, 0.2) is 0 Å². The molecule has 0 radical (unpaired) electrons. The first kappa shape index (κ1) is 9.21. The van der Waals surface area contributed by atoms with E-state index in [-0.39, 0.29) is 5.95 Å². The number of aryl methyl sites for hydroxylation is 1. The molecule has 0 atom stereocenters. The van der Waals surface area contributed by atoms with Crippen LogP contribution in [-0.4, -0.2) is 16.7 Å². The number of nitrogens with two attached hydrogens (primary N) is 1. The molecule has 0 aliphatic carbocycles. The van der Waals surface area contributed by atoms with Gasteiger partial charge in [-0.1, -0.05) is 0 Å². The first-order valence-electron chi connectivity index (χ1n) is 5.29. The molecule has 2 heterocycles. The van der Waals surface area contributed by atoms with Crippen LogP contribution in [0.4, 0.5) is 11.6 Å². The van der Waals surface area contributed by atoms with Gasteiger partial charge in [-0.25, -0.2) is 0 Å². The number of fused-ring (bicyclic) bond motifs is 1. The highest BCUT2D eigenvalue weighted by molar-refractivity contribution is 5.64. The van der Waals surface area contributed by atoms with E-state index in [1.807, 2.05) is 12.1 Å². The van der Waals surface area contributed by atoms with Gasteiger partial charge in [0.05, 0.1) is 0 Å². The molecule has 16 heavy (non-hydrogen) atoms. The maximum absolute atomic E-state index is 5.43. The van der Waals surface area contributed by atoms with Gasteiger partial charge < -0.3 is 15.6 Å². The molecule has 0 bridgehead atoms. The summed E-state index contributed by atoms with van der Waals surface area (Å²) in [6.45, 7) is 1.04. The van der Waals surface area contributed by atoms with E-state index in [1.54, 1.807) is 0 Å². The molecular formula is C11H12N4O. The zero-order valence-corrected chi connectivity index (χ0v) is 8.73. The number of hydrogen-bond acceptors (Lipinski definition) is 5. The topological polar surface area (TPSA) is 77.0 Å².